The van der Waals surface area contributed by atoms with Crippen LogP contribution in [0.15, 0.2) is 41.8 Å². The Morgan fingerprint density at radius 1 is 1.05 bits per heavy atom. The van der Waals surface area contributed by atoms with Gasteiger partial charge in [0.2, 0.25) is 0 Å². The third-order valence-corrected chi connectivity index (χ3v) is 9.62. The van der Waals surface area contributed by atoms with E-state index in [1.807, 2.05) is 44.2 Å². The molecule has 9 heteroatoms. The fourth-order valence-electron chi connectivity index (χ4n) is 6.54. The van der Waals surface area contributed by atoms with E-state index in [0.29, 0.717) is 31.7 Å². The molecule has 3 aromatic rings. The minimum atomic E-state index is -0.656. The van der Waals surface area contributed by atoms with Gasteiger partial charge >= 0.3 is 5.97 Å². The summed E-state index contributed by atoms with van der Waals surface area (Å²) >= 11 is 1.60. The number of carbonyl (C=O) groups excluding carboxylic acids is 1. The lowest BCUT2D eigenvalue weighted by molar-refractivity contribution is -0.144. The van der Waals surface area contributed by atoms with Crippen LogP contribution >= 0.6 is 11.3 Å². The topological polar surface area (TPSA) is 103 Å². The number of aliphatic hydroxyl groups is 1. The number of carbonyl (C=O) groups is 2. The molecule has 6 rings (SSSR count). The molecule has 4 atom stereocenters. The number of likely N-dealkylation sites (tertiary alicyclic amines) is 1. The number of ether oxygens (including phenoxy) is 1. The number of rotatable bonds is 7. The highest BCUT2D eigenvalue weighted by molar-refractivity contribution is 7.14. The Bertz CT molecular complexity index is 1420. The average Bonchev–Trinajstić information content (AvgIpc) is 3.66. The first kappa shape index (κ1) is 26.8. The van der Waals surface area contributed by atoms with E-state index >= 15 is 0 Å². The smallest absolute Gasteiger partial charge is 0.307 e. The summed E-state index contributed by atoms with van der Waals surface area (Å²) < 4.78 is 6.32. The average molecular weight is 562 g/mol. The lowest BCUT2D eigenvalue weighted by Crippen LogP contribution is -2.44. The van der Waals surface area contributed by atoms with Gasteiger partial charge in [-0.3, -0.25) is 9.59 Å². The largest absolute Gasteiger partial charge is 0.488 e. The van der Waals surface area contributed by atoms with Gasteiger partial charge in [0.25, 0.3) is 5.91 Å². The summed E-state index contributed by atoms with van der Waals surface area (Å²) in [7, 11) is 0. The molecular weight excluding hydrogens is 526 g/mol. The van der Waals surface area contributed by atoms with Gasteiger partial charge in [-0.15, -0.1) is 11.3 Å². The van der Waals surface area contributed by atoms with Crippen molar-refractivity contribution in [1.29, 1.82) is 0 Å². The summed E-state index contributed by atoms with van der Waals surface area (Å²) in [5.41, 5.74) is 5.51. The van der Waals surface area contributed by atoms with Crippen LogP contribution in [0.2, 0.25) is 0 Å². The number of aliphatic hydroxyl groups excluding tert-OH is 1. The first-order chi connectivity index (χ1) is 19.3. The minimum Gasteiger partial charge on any atom is -0.488 e. The maximum absolute atomic E-state index is 12.8. The van der Waals surface area contributed by atoms with Crippen LogP contribution in [0.3, 0.4) is 0 Å². The maximum atomic E-state index is 12.8. The molecule has 2 aromatic carbocycles. The number of fused-ring (bicyclic) bond motifs is 2. The molecule has 2 saturated heterocycles. The second kappa shape index (κ2) is 10.9. The number of carboxylic acid groups (broad SMARTS) is 1. The van der Waals surface area contributed by atoms with Gasteiger partial charge in [0.1, 0.15) is 12.4 Å². The van der Waals surface area contributed by atoms with Gasteiger partial charge in [0, 0.05) is 42.7 Å². The van der Waals surface area contributed by atoms with Crippen LogP contribution in [0.25, 0.3) is 11.3 Å². The second-order valence-electron chi connectivity index (χ2n) is 11.5. The summed E-state index contributed by atoms with van der Waals surface area (Å²) in [5.74, 6) is 0.194. The fraction of sp³-hybridized carbons (Fsp3) is 0.452. The minimum absolute atomic E-state index is 0.0486. The Kier molecular flexibility index (Phi) is 7.27. The number of aliphatic carboxylic acids is 1. The molecule has 3 heterocycles. The van der Waals surface area contributed by atoms with Crippen molar-refractivity contribution in [3.63, 3.8) is 0 Å². The molecule has 1 aromatic heterocycles. The first-order valence-electron chi connectivity index (χ1n) is 14.0. The van der Waals surface area contributed by atoms with Crippen LogP contribution in [0.1, 0.15) is 46.3 Å². The summed E-state index contributed by atoms with van der Waals surface area (Å²) in [6, 6.07) is 11.8. The van der Waals surface area contributed by atoms with Crippen molar-refractivity contribution in [2.45, 2.75) is 45.8 Å². The molecule has 0 radical (unpaired) electrons. The van der Waals surface area contributed by atoms with Gasteiger partial charge in [0.15, 0.2) is 5.13 Å². The van der Waals surface area contributed by atoms with Gasteiger partial charge in [-0.25, -0.2) is 4.98 Å². The predicted octanol–water partition coefficient (Wildman–Crippen LogP) is 4.76. The molecule has 1 aliphatic carbocycles. The Hall–Kier alpha value is -3.43. The van der Waals surface area contributed by atoms with Crippen molar-refractivity contribution in [1.82, 2.24) is 9.88 Å². The standard InChI is InChI=1S/C31H35N3O5S/c1-18-3-8-27(39-16-23-7-4-20(12-19(23)2)29(36)33-10-9-24(35)15-33)25(11-18)26-17-40-31(32-26)34-13-21-5-6-22(14-34)28(21)30(37)38/h3-4,7-8,11-12,17,21-22,24,28,35H,5-6,9-10,13-16H2,1-2H3,(H,37,38)/t21-,22+,24-,28+/m0/s1. The van der Waals surface area contributed by atoms with Crippen molar-refractivity contribution in [2.75, 3.05) is 31.1 Å². The highest BCUT2D eigenvalue weighted by atomic mass is 32.1. The van der Waals surface area contributed by atoms with Crippen LogP contribution in [0.5, 0.6) is 5.75 Å². The van der Waals surface area contributed by atoms with E-state index in [0.717, 1.165) is 64.8 Å². The van der Waals surface area contributed by atoms with E-state index < -0.39 is 12.1 Å². The zero-order valence-electron chi connectivity index (χ0n) is 22.9. The lowest BCUT2D eigenvalue weighted by Gasteiger charge is -2.35. The SMILES string of the molecule is Cc1ccc(OCc2ccc(C(=O)N3CC[C@H](O)C3)cc2C)c(-c2csc(N3C[C@H]4CC[C@@H](C3)[C@H]4C(=O)O)n2)c1. The summed E-state index contributed by atoms with van der Waals surface area (Å²) in [6.45, 7) is 6.86. The number of hydrogen-bond acceptors (Lipinski definition) is 7. The second-order valence-corrected chi connectivity index (χ2v) is 12.3. The molecule has 3 aliphatic rings. The van der Waals surface area contributed by atoms with Gasteiger partial charge in [-0.2, -0.15) is 0 Å². The van der Waals surface area contributed by atoms with Gasteiger partial charge < -0.3 is 24.7 Å². The monoisotopic (exact) mass is 561 g/mol. The molecule has 210 valence electrons. The molecule has 2 bridgehead atoms. The van der Waals surface area contributed by atoms with Gasteiger partial charge in [-0.05, 0) is 80.3 Å². The Balaban J connectivity index is 1.16. The van der Waals surface area contributed by atoms with E-state index in [2.05, 4.69) is 16.3 Å². The van der Waals surface area contributed by atoms with Crippen LogP contribution in [0, 0.1) is 31.6 Å². The third-order valence-electron chi connectivity index (χ3n) is 8.72. The number of anilines is 1. The molecule has 3 fully saturated rings. The fourth-order valence-corrected chi connectivity index (χ4v) is 7.39. The van der Waals surface area contributed by atoms with E-state index in [1.54, 1.807) is 16.2 Å². The molecule has 40 heavy (non-hydrogen) atoms. The number of benzene rings is 2. The van der Waals surface area contributed by atoms with E-state index in [9.17, 15) is 19.8 Å². The Morgan fingerprint density at radius 3 is 2.50 bits per heavy atom. The van der Waals surface area contributed by atoms with Gasteiger partial charge in [0.05, 0.1) is 17.7 Å². The number of nitrogens with zero attached hydrogens (tertiary/aromatic N) is 3. The number of aryl methyl sites for hydroxylation is 2. The van der Waals surface area contributed by atoms with E-state index in [4.69, 9.17) is 9.72 Å². The zero-order valence-corrected chi connectivity index (χ0v) is 23.7. The maximum Gasteiger partial charge on any atom is 0.307 e. The third kappa shape index (κ3) is 5.20. The van der Waals surface area contributed by atoms with Crippen LogP contribution in [-0.4, -0.2) is 64.3 Å². The predicted molar refractivity (Wildman–Crippen MR) is 154 cm³/mol. The zero-order chi connectivity index (χ0) is 28.0. The molecule has 1 amide bonds. The van der Waals surface area contributed by atoms with Crippen molar-refractivity contribution in [3.8, 4) is 17.0 Å². The van der Waals surface area contributed by atoms with Crippen LogP contribution in [0.4, 0.5) is 5.13 Å². The van der Waals surface area contributed by atoms with Gasteiger partial charge in [-0.1, -0.05) is 17.7 Å². The molecule has 0 unspecified atom stereocenters. The first-order valence-corrected chi connectivity index (χ1v) is 14.9. The van der Waals surface area contributed by atoms with Crippen LogP contribution in [-0.2, 0) is 11.4 Å². The molecule has 2 aliphatic heterocycles. The Morgan fingerprint density at radius 2 is 1.82 bits per heavy atom. The molecule has 1 saturated carbocycles. The summed E-state index contributed by atoms with van der Waals surface area (Å²) in [6.07, 6.45) is 2.14. The number of piperidine rings is 1. The number of thiazole rings is 1. The highest BCUT2D eigenvalue weighted by Gasteiger charge is 2.46. The van der Waals surface area contributed by atoms with Crippen molar-refractivity contribution < 1.29 is 24.5 Å². The van der Waals surface area contributed by atoms with Crippen molar-refractivity contribution in [2.24, 2.45) is 17.8 Å². The summed E-state index contributed by atoms with van der Waals surface area (Å²) in [4.78, 5) is 33.5. The Labute approximate surface area is 238 Å². The number of β-amino-alcohol motifs (C(OH)–C–C–N with tert-alkyl or cyclic N) is 1. The molecule has 2 N–H and O–H groups in total. The molecular formula is C31H35N3O5S. The lowest BCUT2D eigenvalue weighted by atomic mass is 9.85. The van der Waals surface area contributed by atoms with E-state index in [1.165, 1.54) is 0 Å². The molecule has 0 spiro atoms. The number of amides is 1. The number of hydrogen-bond donors (Lipinski definition) is 2. The normalized spacial score (nSPS) is 24.0. The molecule has 8 nitrogen and oxygen atoms in total. The van der Waals surface area contributed by atoms with E-state index in [-0.39, 0.29) is 23.7 Å². The summed E-state index contributed by atoms with van der Waals surface area (Å²) in [5, 5.41) is 22.4. The quantitative estimate of drug-likeness (QED) is 0.429. The van der Waals surface area contributed by atoms with Crippen molar-refractivity contribution >= 4 is 28.3 Å². The number of aromatic nitrogens is 1. The van der Waals surface area contributed by atoms with Crippen LogP contribution < -0.4 is 9.64 Å². The van der Waals surface area contributed by atoms with Crippen molar-refractivity contribution in [3.05, 3.63) is 64.0 Å². The number of carboxylic acids is 1. The highest BCUT2D eigenvalue weighted by Crippen LogP contribution is 2.44.